The minimum Gasteiger partial charge on any atom is -0.480 e. The zero-order valence-corrected chi connectivity index (χ0v) is 14.6. The minimum absolute atomic E-state index is 0.000954. The summed E-state index contributed by atoms with van der Waals surface area (Å²) >= 11 is 0. The largest absolute Gasteiger partial charge is 0.480 e. The number of nitrogens with two attached hydrogens (primary N) is 1. The molecule has 10 heteroatoms. The molecule has 1 aliphatic rings. The first kappa shape index (κ1) is 19.0. The SMILES string of the molecule is CC(Oc1ccccc1C(F)(F)F)C(=O)N1CCC(c2nnc(N)o2)CC1. The van der Waals surface area contributed by atoms with Crippen molar-refractivity contribution < 1.29 is 27.1 Å². The van der Waals surface area contributed by atoms with Crippen LogP contribution in [0.3, 0.4) is 0 Å². The number of aromatic nitrogens is 2. The van der Waals surface area contributed by atoms with Gasteiger partial charge in [-0.15, -0.1) is 5.10 Å². The van der Waals surface area contributed by atoms with Crippen molar-refractivity contribution >= 4 is 11.9 Å². The van der Waals surface area contributed by atoms with E-state index in [4.69, 9.17) is 14.9 Å². The molecule has 1 atom stereocenters. The van der Waals surface area contributed by atoms with Crippen LogP contribution in [0, 0.1) is 0 Å². The number of rotatable bonds is 4. The van der Waals surface area contributed by atoms with E-state index in [9.17, 15) is 18.0 Å². The Balaban J connectivity index is 1.60. The van der Waals surface area contributed by atoms with E-state index >= 15 is 0 Å². The second-order valence-corrected chi connectivity index (χ2v) is 6.33. The molecule has 0 aliphatic carbocycles. The third kappa shape index (κ3) is 4.32. The standard InChI is InChI=1S/C17H19F3N4O3/c1-10(26-13-5-3-2-4-12(13)17(18,19)20)15(25)24-8-6-11(7-9-24)14-22-23-16(21)27-14/h2-5,10-11H,6-9H2,1H3,(H2,21,23). The number of ether oxygens (including phenoxy) is 1. The van der Waals surface area contributed by atoms with Gasteiger partial charge < -0.3 is 19.8 Å². The summed E-state index contributed by atoms with van der Waals surface area (Å²) in [6, 6.07) is 4.84. The number of para-hydroxylation sites is 1. The first-order chi connectivity index (χ1) is 12.8. The second-order valence-electron chi connectivity index (χ2n) is 6.33. The molecule has 1 amide bonds. The van der Waals surface area contributed by atoms with Gasteiger partial charge in [0.25, 0.3) is 5.91 Å². The lowest BCUT2D eigenvalue weighted by Gasteiger charge is -2.32. The first-order valence-electron chi connectivity index (χ1n) is 8.46. The average Bonchev–Trinajstić information content (AvgIpc) is 3.07. The predicted molar refractivity (Wildman–Crippen MR) is 88.8 cm³/mol. The van der Waals surface area contributed by atoms with E-state index in [1.807, 2.05) is 0 Å². The van der Waals surface area contributed by atoms with Gasteiger partial charge in [0.15, 0.2) is 6.10 Å². The Morgan fingerprint density at radius 2 is 1.96 bits per heavy atom. The number of likely N-dealkylation sites (tertiary alicyclic amines) is 1. The van der Waals surface area contributed by atoms with E-state index in [1.54, 1.807) is 4.90 Å². The van der Waals surface area contributed by atoms with E-state index in [-0.39, 0.29) is 23.6 Å². The molecule has 1 aromatic carbocycles. The van der Waals surface area contributed by atoms with E-state index in [0.29, 0.717) is 31.8 Å². The molecule has 1 unspecified atom stereocenters. The van der Waals surface area contributed by atoms with Crippen LogP contribution >= 0.6 is 0 Å². The maximum atomic E-state index is 13.1. The number of amides is 1. The molecule has 2 N–H and O–H groups in total. The molecule has 27 heavy (non-hydrogen) atoms. The van der Waals surface area contributed by atoms with Crippen molar-refractivity contribution in [2.45, 2.75) is 38.0 Å². The normalized spacial score (nSPS) is 17.0. The molecule has 0 bridgehead atoms. The van der Waals surface area contributed by atoms with Crippen molar-refractivity contribution in [1.82, 2.24) is 15.1 Å². The number of piperidine rings is 1. The third-order valence-electron chi connectivity index (χ3n) is 4.46. The first-order valence-corrected chi connectivity index (χ1v) is 8.46. The number of nitrogens with zero attached hydrogens (tertiary/aromatic N) is 3. The van der Waals surface area contributed by atoms with Gasteiger partial charge in [-0.1, -0.05) is 17.2 Å². The van der Waals surface area contributed by atoms with Crippen molar-refractivity contribution in [1.29, 1.82) is 0 Å². The number of halogens is 3. The Kier molecular flexibility index (Phi) is 5.24. The lowest BCUT2D eigenvalue weighted by atomic mass is 9.96. The van der Waals surface area contributed by atoms with Gasteiger partial charge in [-0.05, 0) is 31.9 Å². The Bertz CT molecular complexity index is 801. The molecule has 1 saturated heterocycles. The zero-order valence-electron chi connectivity index (χ0n) is 14.6. The van der Waals surface area contributed by atoms with Crippen LogP contribution in [-0.2, 0) is 11.0 Å². The molecule has 2 heterocycles. The van der Waals surface area contributed by atoms with Gasteiger partial charge in [-0.2, -0.15) is 13.2 Å². The molecule has 146 valence electrons. The highest BCUT2D eigenvalue weighted by molar-refractivity contribution is 5.81. The summed E-state index contributed by atoms with van der Waals surface area (Å²) in [4.78, 5) is 14.1. The molecule has 3 rings (SSSR count). The molecule has 1 aliphatic heterocycles. The van der Waals surface area contributed by atoms with Crippen LogP contribution in [-0.4, -0.2) is 40.2 Å². The summed E-state index contributed by atoms with van der Waals surface area (Å²) in [6.45, 7) is 2.28. The zero-order chi connectivity index (χ0) is 19.6. The maximum Gasteiger partial charge on any atom is 0.419 e. The Morgan fingerprint density at radius 1 is 1.30 bits per heavy atom. The molecule has 1 aromatic heterocycles. The van der Waals surface area contributed by atoms with Crippen LogP contribution in [0.1, 0.15) is 37.1 Å². The Hall–Kier alpha value is -2.78. The highest BCUT2D eigenvalue weighted by Crippen LogP contribution is 2.36. The van der Waals surface area contributed by atoms with Crippen molar-refractivity contribution in [2.75, 3.05) is 18.8 Å². The van der Waals surface area contributed by atoms with Crippen LogP contribution < -0.4 is 10.5 Å². The van der Waals surface area contributed by atoms with Crippen LogP contribution in [0.15, 0.2) is 28.7 Å². The number of carbonyl (C=O) groups is 1. The van der Waals surface area contributed by atoms with Crippen molar-refractivity contribution in [3.8, 4) is 5.75 Å². The van der Waals surface area contributed by atoms with E-state index in [1.165, 1.54) is 25.1 Å². The van der Waals surface area contributed by atoms with Crippen LogP contribution in [0.25, 0.3) is 0 Å². The van der Waals surface area contributed by atoms with Crippen molar-refractivity contribution in [2.24, 2.45) is 0 Å². The van der Waals surface area contributed by atoms with Crippen LogP contribution in [0.2, 0.25) is 0 Å². The lowest BCUT2D eigenvalue weighted by molar-refractivity contribution is -0.144. The number of alkyl halides is 3. The molecule has 0 spiro atoms. The van der Waals surface area contributed by atoms with Crippen LogP contribution in [0.4, 0.5) is 19.2 Å². The van der Waals surface area contributed by atoms with E-state index < -0.39 is 17.8 Å². The fraction of sp³-hybridized carbons (Fsp3) is 0.471. The molecular weight excluding hydrogens is 365 g/mol. The topological polar surface area (TPSA) is 94.5 Å². The third-order valence-corrected chi connectivity index (χ3v) is 4.46. The van der Waals surface area contributed by atoms with Crippen molar-refractivity contribution in [3.05, 3.63) is 35.7 Å². The van der Waals surface area contributed by atoms with Gasteiger partial charge in [-0.3, -0.25) is 4.79 Å². The summed E-state index contributed by atoms with van der Waals surface area (Å²) in [6.07, 6.45) is -4.40. The molecule has 0 saturated carbocycles. The number of hydrogen-bond donors (Lipinski definition) is 1. The lowest BCUT2D eigenvalue weighted by Crippen LogP contribution is -2.44. The summed E-state index contributed by atoms with van der Waals surface area (Å²) in [5, 5.41) is 7.47. The molecule has 1 fully saturated rings. The molecule has 0 radical (unpaired) electrons. The smallest absolute Gasteiger partial charge is 0.419 e. The molecule has 2 aromatic rings. The predicted octanol–water partition coefficient (Wildman–Crippen LogP) is 2.84. The highest BCUT2D eigenvalue weighted by atomic mass is 19.4. The van der Waals surface area contributed by atoms with Crippen LogP contribution in [0.5, 0.6) is 5.75 Å². The summed E-state index contributed by atoms with van der Waals surface area (Å²) in [7, 11) is 0. The fourth-order valence-corrected chi connectivity index (χ4v) is 3.06. The van der Waals surface area contributed by atoms with Crippen molar-refractivity contribution in [3.63, 3.8) is 0 Å². The highest BCUT2D eigenvalue weighted by Gasteiger charge is 2.36. The molecular formula is C17H19F3N4O3. The summed E-state index contributed by atoms with van der Waals surface area (Å²) in [5.74, 6) is -0.290. The van der Waals surface area contributed by atoms with Gasteiger partial charge >= 0.3 is 12.2 Å². The molecule has 7 nitrogen and oxygen atoms in total. The number of hydrogen-bond acceptors (Lipinski definition) is 6. The Morgan fingerprint density at radius 3 is 2.56 bits per heavy atom. The van der Waals surface area contributed by atoms with Gasteiger partial charge in [0, 0.05) is 19.0 Å². The van der Waals surface area contributed by atoms with Gasteiger partial charge in [0.1, 0.15) is 5.75 Å². The number of carbonyl (C=O) groups excluding carboxylic acids is 1. The number of benzene rings is 1. The summed E-state index contributed by atoms with van der Waals surface area (Å²) in [5.41, 5.74) is 4.51. The minimum atomic E-state index is -4.55. The van der Waals surface area contributed by atoms with Gasteiger partial charge in [0.2, 0.25) is 5.89 Å². The number of nitrogen functional groups attached to an aromatic ring is 1. The van der Waals surface area contributed by atoms with E-state index in [0.717, 1.165) is 6.07 Å². The average molecular weight is 384 g/mol. The fourth-order valence-electron chi connectivity index (χ4n) is 3.06. The maximum absolute atomic E-state index is 13.1. The Labute approximate surface area is 153 Å². The number of anilines is 1. The quantitative estimate of drug-likeness (QED) is 0.871. The van der Waals surface area contributed by atoms with Gasteiger partial charge in [-0.25, -0.2) is 0 Å². The monoisotopic (exact) mass is 384 g/mol. The van der Waals surface area contributed by atoms with Gasteiger partial charge in [0.05, 0.1) is 5.56 Å². The summed E-state index contributed by atoms with van der Waals surface area (Å²) < 4.78 is 49.7. The second kappa shape index (κ2) is 7.45. The van der Waals surface area contributed by atoms with E-state index in [2.05, 4.69) is 10.2 Å².